The molecule has 0 saturated carbocycles. The molecule has 0 spiro atoms. The highest BCUT2D eigenvalue weighted by Gasteiger charge is 2.20. The number of fused-ring (bicyclic) bond motifs is 1. The van der Waals surface area contributed by atoms with Crippen molar-refractivity contribution in [3.8, 4) is 0 Å². The summed E-state index contributed by atoms with van der Waals surface area (Å²) in [5.41, 5.74) is 9.25. The van der Waals surface area contributed by atoms with Crippen LogP contribution in [-0.4, -0.2) is 14.9 Å². The number of aromatic nitrogens is 2. The van der Waals surface area contributed by atoms with Gasteiger partial charge in [0.2, 0.25) is 0 Å². The van der Waals surface area contributed by atoms with Crippen LogP contribution < -0.4 is 5.73 Å². The van der Waals surface area contributed by atoms with Crippen molar-refractivity contribution in [3.05, 3.63) is 59.2 Å². The van der Waals surface area contributed by atoms with E-state index in [0.29, 0.717) is 6.54 Å². The second-order valence-corrected chi connectivity index (χ2v) is 4.59. The first-order valence-electron chi connectivity index (χ1n) is 6.15. The first-order valence-corrected chi connectivity index (χ1v) is 6.15. The zero-order valence-corrected chi connectivity index (χ0v) is 10.2. The molecule has 1 aromatic carbocycles. The Balaban J connectivity index is 1.73. The van der Waals surface area contributed by atoms with Crippen LogP contribution >= 0.6 is 0 Å². The van der Waals surface area contributed by atoms with Crippen LogP contribution in [-0.2, 0) is 26.2 Å². The summed E-state index contributed by atoms with van der Waals surface area (Å²) in [5.74, 6) is 0.732. The van der Waals surface area contributed by atoms with E-state index in [0.717, 1.165) is 31.2 Å². The molecular formula is C14H16N4. The molecule has 0 radical (unpaired) electrons. The van der Waals surface area contributed by atoms with Crippen molar-refractivity contribution >= 4 is 0 Å². The van der Waals surface area contributed by atoms with Gasteiger partial charge in [0, 0.05) is 31.4 Å². The zero-order chi connectivity index (χ0) is 12.4. The summed E-state index contributed by atoms with van der Waals surface area (Å²) in [7, 11) is 0. The van der Waals surface area contributed by atoms with E-state index in [4.69, 9.17) is 5.73 Å². The molecule has 1 aliphatic heterocycles. The minimum Gasteiger partial charge on any atom is -0.324 e. The van der Waals surface area contributed by atoms with Gasteiger partial charge in [0.25, 0.3) is 0 Å². The fraction of sp³-hybridized carbons (Fsp3) is 0.286. The summed E-state index contributed by atoms with van der Waals surface area (Å²) in [5, 5.41) is 0. The van der Waals surface area contributed by atoms with Crippen molar-refractivity contribution in [3.63, 3.8) is 0 Å². The highest BCUT2D eigenvalue weighted by molar-refractivity contribution is 5.23. The van der Waals surface area contributed by atoms with Crippen LogP contribution in [0.1, 0.15) is 22.6 Å². The van der Waals surface area contributed by atoms with Crippen molar-refractivity contribution in [2.75, 3.05) is 0 Å². The molecule has 1 aliphatic rings. The third-order valence-corrected chi connectivity index (χ3v) is 3.20. The second-order valence-electron chi connectivity index (χ2n) is 4.59. The molecule has 0 atom stereocenters. The van der Waals surface area contributed by atoms with Crippen LogP contribution in [0.4, 0.5) is 0 Å². The lowest BCUT2D eigenvalue weighted by atomic mass is 10.2. The first kappa shape index (κ1) is 11.3. The lowest BCUT2D eigenvalue weighted by molar-refractivity contribution is 0.274. The summed E-state index contributed by atoms with van der Waals surface area (Å²) in [4.78, 5) is 11.1. The van der Waals surface area contributed by atoms with Crippen LogP contribution in [0.15, 0.2) is 36.5 Å². The Morgan fingerprint density at radius 2 is 2.00 bits per heavy atom. The van der Waals surface area contributed by atoms with E-state index in [1.165, 1.54) is 11.1 Å². The van der Waals surface area contributed by atoms with E-state index >= 15 is 0 Å². The Kier molecular flexibility index (Phi) is 3.04. The van der Waals surface area contributed by atoms with Gasteiger partial charge in [-0.15, -0.1) is 0 Å². The van der Waals surface area contributed by atoms with Gasteiger partial charge >= 0.3 is 0 Å². The molecule has 92 valence electrons. The molecule has 0 bridgehead atoms. The number of nitrogens with zero attached hydrogens (tertiary/aromatic N) is 3. The number of hydrogen-bond donors (Lipinski definition) is 1. The standard InChI is InChI=1S/C14H16N4/c15-6-14-16-7-12-9-18(10-13(12)17-14)8-11-4-2-1-3-5-11/h1-5,7H,6,8-10,15H2. The van der Waals surface area contributed by atoms with Crippen LogP contribution in [0.25, 0.3) is 0 Å². The van der Waals surface area contributed by atoms with E-state index < -0.39 is 0 Å². The molecule has 0 amide bonds. The van der Waals surface area contributed by atoms with Gasteiger partial charge in [0.05, 0.1) is 12.2 Å². The van der Waals surface area contributed by atoms with Crippen LogP contribution in [0.2, 0.25) is 0 Å². The average Bonchev–Trinajstić information content (AvgIpc) is 2.80. The average molecular weight is 240 g/mol. The topological polar surface area (TPSA) is 55.0 Å². The minimum absolute atomic E-state index is 0.409. The van der Waals surface area contributed by atoms with Gasteiger partial charge in [-0.1, -0.05) is 30.3 Å². The molecule has 18 heavy (non-hydrogen) atoms. The van der Waals surface area contributed by atoms with E-state index in [1.54, 1.807) is 0 Å². The van der Waals surface area contributed by atoms with E-state index in [2.05, 4.69) is 39.1 Å². The molecule has 0 saturated heterocycles. The van der Waals surface area contributed by atoms with E-state index in [-0.39, 0.29) is 0 Å². The van der Waals surface area contributed by atoms with Gasteiger partial charge in [0.1, 0.15) is 5.82 Å². The van der Waals surface area contributed by atoms with Crippen LogP contribution in [0, 0.1) is 0 Å². The molecule has 1 aromatic heterocycles. The third-order valence-electron chi connectivity index (χ3n) is 3.20. The molecule has 0 aliphatic carbocycles. The van der Waals surface area contributed by atoms with E-state index in [9.17, 15) is 0 Å². The smallest absolute Gasteiger partial charge is 0.142 e. The summed E-state index contributed by atoms with van der Waals surface area (Å²) < 4.78 is 0. The third kappa shape index (κ3) is 2.25. The monoisotopic (exact) mass is 240 g/mol. The zero-order valence-electron chi connectivity index (χ0n) is 10.2. The molecule has 4 nitrogen and oxygen atoms in total. The fourth-order valence-corrected chi connectivity index (χ4v) is 2.31. The summed E-state index contributed by atoms with van der Waals surface area (Å²) in [6, 6.07) is 10.5. The summed E-state index contributed by atoms with van der Waals surface area (Å²) >= 11 is 0. The predicted octanol–water partition coefficient (Wildman–Crippen LogP) is 1.45. The van der Waals surface area contributed by atoms with Gasteiger partial charge in [-0.2, -0.15) is 0 Å². The quantitative estimate of drug-likeness (QED) is 0.882. The highest BCUT2D eigenvalue weighted by atomic mass is 15.2. The van der Waals surface area contributed by atoms with E-state index in [1.807, 2.05) is 12.3 Å². The molecule has 0 fully saturated rings. The fourth-order valence-electron chi connectivity index (χ4n) is 2.31. The molecule has 2 N–H and O–H groups in total. The Morgan fingerprint density at radius 1 is 1.17 bits per heavy atom. The molecular weight excluding hydrogens is 224 g/mol. The Morgan fingerprint density at radius 3 is 2.78 bits per heavy atom. The lowest BCUT2D eigenvalue weighted by Gasteiger charge is -2.13. The van der Waals surface area contributed by atoms with Crippen molar-refractivity contribution < 1.29 is 0 Å². The maximum Gasteiger partial charge on any atom is 0.142 e. The first-order chi connectivity index (χ1) is 8.85. The highest BCUT2D eigenvalue weighted by Crippen LogP contribution is 2.21. The SMILES string of the molecule is NCc1ncc2c(n1)CN(Cc1ccccc1)C2. The van der Waals surface area contributed by atoms with Gasteiger partial charge in [-0.25, -0.2) is 9.97 Å². The lowest BCUT2D eigenvalue weighted by Crippen LogP contribution is -2.15. The number of benzene rings is 1. The summed E-state index contributed by atoms with van der Waals surface area (Å²) in [6.45, 7) is 3.18. The Hall–Kier alpha value is -1.78. The number of nitrogens with two attached hydrogens (primary N) is 1. The molecule has 0 unspecified atom stereocenters. The molecule has 2 heterocycles. The Bertz CT molecular complexity index is 539. The largest absolute Gasteiger partial charge is 0.324 e. The van der Waals surface area contributed by atoms with Gasteiger partial charge < -0.3 is 5.73 Å². The maximum absolute atomic E-state index is 5.56. The molecule has 3 rings (SSSR count). The van der Waals surface area contributed by atoms with Crippen LogP contribution in [0.3, 0.4) is 0 Å². The normalized spacial score (nSPS) is 14.7. The second kappa shape index (κ2) is 4.84. The van der Waals surface area contributed by atoms with Crippen molar-refractivity contribution in [2.45, 2.75) is 26.2 Å². The van der Waals surface area contributed by atoms with Crippen molar-refractivity contribution in [1.29, 1.82) is 0 Å². The Labute approximate surface area is 106 Å². The van der Waals surface area contributed by atoms with Crippen molar-refractivity contribution in [2.24, 2.45) is 5.73 Å². The minimum atomic E-state index is 0.409. The van der Waals surface area contributed by atoms with Crippen molar-refractivity contribution in [1.82, 2.24) is 14.9 Å². The number of hydrogen-bond acceptors (Lipinski definition) is 4. The number of rotatable bonds is 3. The van der Waals surface area contributed by atoms with Gasteiger partial charge in [-0.05, 0) is 5.56 Å². The van der Waals surface area contributed by atoms with Gasteiger partial charge in [0.15, 0.2) is 0 Å². The summed E-state index contributed by atoms with van der Waals surface area (Å²) in [6.07, 6.45) is 1.91. The predicted molar refractivity (Wildman–Crippen MR) is 69.3 cm³/mol. The maximum atomic E-state index is 5.56. The van der Waals surface area contributed by atoms with Gasteiger partial charge in [-0.3, -0.25) is 4.90 Å². The molecule has 2 aromatic rings. The molecule has 4 heteroatoms. The van der Waals surface area contributed by atoms with Crippen LogP contribution in [0.5, 0.6) is 0 Å².